The first-order valence-electron chi connectivity index (χ1n) is 6.57. The average molecular weight is 368 g/mol. The maximum Gasteiger partial charge on any atom is 0.344 e. The fraction of sp³-hybridized carbons (Fsp3) is 0.250. The number of hydrogen-bond acceptors (Lipinski definition) is 4. The van der Waals surface area contributed by atoms with E-state index in [4.69, 9.17) is 9.47 Å². The van der Waals surface area contributed by atoms with E-state index in [2.05, 4.69) is 20.9 Å². The highest BCUT2D eigenvalue weighted by molar-refractivity contribution is 9.10. The molecule has 0 fully saturated rings. The van der Waals surface area contributed by atoms with Crippen LogP contribution < -0.4 is 4.74 Å². The Morgan fingerprint density at radius 2 is 2.00 bits per heavy atom. The van der Waals surface area contributed by atoms with Crippen molar-refractivity contribution in [2.75, 3.05) is 0 Å². The molecule has 0 radical (unpaired) electrons. The number of carbonyl (C=O) groups is 1. The van der Waals surface area contributed by atoms with Gasteiger partial charge in [-0.1, -0.05) is 6.07 Å². The lowest BCUT2D eigenvalue weighted by Gasteiger charge is -2.20. The third-order valence-corrected chi connectivity index (χ3v) is 2.88. The van der Waals surface area contributed by atoms with E-state index in [1.807, 2.05) is 0 Å². The highest BCUT2D eigenvalue weighted by atomic mass is 79.9. The summed E-state index contributed by atoms with van der Waals surface area (Å²) in [5.74, 6) is -0.691. The van der Waals surface area contributed by atoms with E-state index in [0.717, 1.165) is 0 Å². The zero-order valence-corrected chi connectivity index (χ0v) is 14.0. The third kappa shape index (κ3) is 4.53. The molecule has 22 heavy (non-hydrogen) atoms. The molecule has 0 aliphatic carbocycles. The van der Waals surface area contributed by atoms with Crippen LogP contribution in [0.15, 0.2) is 41.0 Å². The minimum atomic E-state index is -0.643. The number of esters is 1. The van der Waals surface area contributed by atoms with Gasteiger partial charge >= 0.3 is 5.97 Å². The van der Waals surface area contributed by atoms with Gasteiger partial charge in [0.15, 0.2) is 0 Å². The number of rotatable bonds is 3. The summed E-state index contributed by atoms with van der Waals surface area (Å²) >= 11 is 3.26. The maximum absolute atomic E-state index is 13.2. The first-order valence-corrected chi connectivity index (χ1v) is 7.36. The summed E-state index contributed by atoms with van der Waals surface area (Å²) in [6.07, 6.45) is 1.49. The minimum Gasteiger partial charge on any atom is -0.456 e. The second-order valence-corrected chi connectivity index (χ2v) is 6.48. The second kappa shape index (κ2) is 6.44. The molecule has 4 nitrogen and oxygen atoms in total. The number of ether oxygens (including phenoxy) is 2. The molecule has 0 saturated carbocycles. The van der Waals surface area contributed by atoms with Crippen molar-refractivity contribution in [2.24, 2.45) is 0 Å². The van der Waals surface area contributed by atoms with Crippen LogP contribution in [-0.2, 0) is 4.74 Å². The predicted octanol–water partition coefficient (Wildman–Crippen LogP) is 4.73. The molecule has 0 amide bonds. The molecule has 6 heteroatoms. The van der Waals surface area contributed by atoms with Gasteiger partial charge in [-0.05, 0) is 54.9 Å². The van der Waals surface area contributed by atoms with Gasteiger partial charge in [0.05, 0.1) is 0 Å². The van der Waals surface area contributed by atoms with E-state index in [1.54, 1.807) is 32.9 Å². The number of pyridine rings is 1. The molecular weight excluding hydrogens is 353 g/mol. The molecule has 0 unspecified atom stereocenters. The predicted molar refractivity (Wildman–Crippen MR) is 83.6 cm³/mol. The summed E-state index contributed by atoms with van der Waals surface area (Å²) in [6, 6.07) is 7.15. The standard InChI is InChI=1S/C16H15BrFNO3/c1-16(2,3)22-15(20)13-7-10(17)9-19-14(13)21-12-6-4-5-11(18)8-12/h4-9H,1-3H3. The molecule has 2 rings (SSSR count). The van der Waals surface area contributed by atoms with Crippen LogP contribution in [0.25, 0.3) is 0 Å². The largest absolute Gasteiger partial charge is 0.456 e. The molecule has 1 heterocycles. The topological polar surface area (TPSA) is 48.4 Å². The van der Waals surface area contributed by atoms with Gasteiger partial charge in [0.1, 0.15) is 22.7 Å². The molecule has 0 saturated heterocycles. The smallest absolute Gasteiger partial charge is 0.344 e. The number of nitrogens with zero attached hydrogens (tertiary/aromatic N) is 1. The van der Waals surface area contributed by atoms with Crippen molar-refractivity contribution in [3.05, 3.63) is 52.4 Å². The van der Waals surface area contributed by atoms with Crippen molar-refractivity contribution < 1.29 is 18.7 Å². The fourth-order valence-corrected chi connectivity index (χ4v) is 1.96. The van der Waals surface area contributed by atoms with Crippen molar-refractivity contribution in [2.45, 2.75) is 26.4 Å². The van der Waals surface area contributed by atoms with Gasteiger partial charge in [-0.25, -0.2) is 14.2 Å². The molecule has 0 atom stereocenters. The quantitative estimate of drug-likeness (QED) is 0.735. The molecule has 0 aliphatic heterocycles. The van der Waals surface area contributed by atoms with Crippen molar-refractivity contribution in [3.63, 3.8) is 0 Å². The molecule has 1 aromatic carbocycles. The molecule has 0 spiro atoms. The Bertz CT molecular complexity index is 698. The van der Waals surface area contributed by atoms with Gasteiger partial charge in [0, 0.05) is 16.7 Å². The van der Waals surface area contributed by atoms with Gasteiger partial charge in [0.25, 0.3) is 0 Å². The van der Waals surface area contributed by atoms with E-state index in [0.29, 0.717) is 4.47 Å². The summed E-state index contributed by atoms with van der Waals surface area (Å²) in [5, 5.41) is 0. The van der Waals surface area contributed by atoms with Crippen molar-refractivity contribution in [1.82, 2.24) is 4.98 Å². The van der Waals surface area contributed by atoms with Gasteiger partial charge in [-0.15, -0.1) is 0 Å². The highest BCUT2D eigenvalue weighted by Gasteiger charge is 2.22. The van der Waals surface area contributed by atoms with Crippen LogP contribution in [-0.4, -0.2) is 16.6 Å². The lowest BCUT2D eigenvalue weighted by atomic mass is 10.2. The Morgan fingerprint density at radius 1 is 1.27 bits per heavy atom. The Labute approximate surface area is 136 Å². The van der Waals surface area contributed by atoms with Crippen molar-refractivity contribution >= 4 is 21.9 Å². The van der Waals surface area contributed by atoms with E-state index < -0.39 is 17.4 Å². The van der Waals surface area contributed by atoms with Gasteiger partial charge < -0.3 is 9.47 Å². The molecule has 0 N–H and O–H groups in total. The first-order chi connectivity index (χ1) is 10.2. The molecule has 2 aromatic rings. The summed E-state index contributed by atoms with van der Waals surface area (Å²) in [4.78, 5) is 16.3. The van der Waals surface area contributed by atoms with Crippen LogP contribution in [0.4, 0.5) is 4.39 Å². The summed E-state index contributed by atoms with van der Waals surface area (Å²) in [7, 11) is 0. The lowest BCUT2D eigenvalue weighted by molar-refractivity contribution is 0.00664. The van der Waals surface area contributed by atoms with Crippen LogP contribution in [0.2, 0.25) is 0 Å². The SMILES string of the molecule is CC(C)(C)OC(=O)c1cc(Br)cnc1Oc1cccc(F)c1. The third-order valence-electron chi connectivity index (χ3n) is 2.45. The minimum absolute atomic E-state index is 0.0584. The lowest BCUT2D eigenvalue weighted by Crippen LogP contribution is -2.24. The summed E-state index contributed by atoms with van der Waals surface area (Å²) in [5.41, 5.74) is -0.483. The monoisotopic (exact) mass is 367 g/mol. The Kier molecular flexibility index (Phi) is 4.81. The average Bonchev–Trinajstić information content (AvgIpc) is 2.39. The molecule has 1 aromatic heterocycles. The van der Waals surface area contributed by atoms with Gasteiger partial charge in [-0.2, -0.15) is 0 Å². The number of halogens is 2. The molecule has 116 valence electrons. The van der Waals surface area contributed by atoms with Gasteiger partial charge in [0.2, 0.25) is 5.88 Å². The van der Waals surface area contributed by atoms with Crippen LogP contribution in [0, 0.1) is 5.82 Å². The van der Waals surface area contributed by atoms with Crippen molar-refractivity contribution in [3.8, 4) is 11.6 Å². The van der Waals surface area contributed by atoms with E-state index >= 15 is 0 Å². The number of carbonyl (C=O) groups excluding carboxylic acids is 1. The highest BCUT2D eigenvalue weighted by Crippen LogP contribution is 2.27. The van der Waals surface area contributed by atoms with Crippen LogP contribution in [0.3, 0.4) is 0 Å². The maximum atomic E-state index is 13.2. The van der Waals surface area contributed by atoms with Crippen LogP contribution in [0.1, 0.15) is 31.1 Å². The molecule has 0 aliphatic rings. The summed E-state index contributed by atoms with van der Waals surface area (Å²) < 4.78 is 24.7. The fourth-order valence-electron chi connectivity index (χ4n) is 1.63. The Hall–Kier alpha value is -1.95. The van der Waals surface area contributed by atoms with Crippen molar-refractivity contribution in [1.29, 1.82) is 0 Å². The first kappa shape index (κ1) is 16.4. The van der Waals surface area contributed by atoms with Crippen LogP contribution in [0.5, 0.6) is 11.6 Å². The second-order valence-electron chi connectivity index (χ2n) is 5.57. The Morgan fingerprint density at radius 3 is 2.64 bits per heavy atom. The van der Waals surface area contributed by atoms with Gasteiger partial charge in [-0.3, -0.25) is 0 Å². The zero-order valence-electron chi connectivity index (χ0n) is 12.4. The number of benzene rings is 1. The van der Waals surface area contributed by atoms with Crippen LogP contribution >= 0.6 is 15.9 Å². The van der Waals surface area contributed by atoms with E-state index in [1.165, 1.54) is 24.4 Å². The summed E-state index contributed by atoms with van der Waals surface area (Å²) in [6.45, 7) is 5.30. The Balaban J connectivity index is 2.33. The number of hydrogen-bond donors (Lipinski definition) is 0. The normalized spacial score (nSPS) is 11.1. The van der Waals surface area contributed by atoms with E-state index in [9.17, 15) is 9.18 Å². The van der Waals surface area contributed by atoms with E-state index in [-0.39, 0.29) is 17.2 Å². The molecular formula is C16H15BrFNO3. The molecule has 0 bridgehead atoms. The number of aromatic nitrogens is 1. The zero-order chi connectivity index (χ0) is 16.3.